The van der Waals surface area contributed by atoms with Crippen LogP contribution in [0.3, 0.4) is 0 Å². The number of rotatable bonds is 7. The van der Waals surface area contributed by atoms with Crippen molar-refractivity contribution in [2.24, 2.45) is 0 Å². The molecule has 0 aromatic rings. The number of aliphatic hydroxyl groups excluding tert-OH is 4. The van der Waals surface area contributed by atoms with Gasteiger partial charge in [0.2, 0.25) is 0 Å². The molecule has 4 N–H and O–H groups in total. The number of carbonyl (C=O) groups is 1. The van der Waals surface area contributed by atoms with Gasteiger partial charge in [0.15, 0.2) is 11.9 Å². The van der Waals surface area contributed by atoms with Crippen LogP contribution in [0.5, 0.6) is 0 Å². The lowest BCUT2D eigenvalue weighted by atomic mass is 10.1. The van der Waals surface area contributed by atoms with Gasteiger partial charge in [0.05, 0.1) is 12.9 Å². The average Bonchev–Trinajstić information content (AvgIpc) is 2.21. The van der Waals surface area contributed by atoms with Crippen LogP contribution in [0.1, 0.15) is 0 Å². The molecule has 0 radical (unpaired) electrons. The summed E-state index contributed by atoms with van der Waals surface area (Å²) in [5.41, 5.74) is 0. The standard InChI is InChI=1S/C7H14O8S/c1-16(13,14)15-7(5(11)3-9)6(12)4(10)2-8/h4,6-10,12H,2-3H2,1H3/t4-,6-,7-/m1/s1. The van der Waals surface area contributed by atoms with E-state index in [0.29, 0.717) is 6.26 Å². The Morgan fingerprint density at radius 1 is 1.31 bits per heavy atom. The van der Waals surface area contributed by atoms with Gasteiger partial charge in [-0.2, -0.15) is 8.42 Å². The normalized spacial score (nSPS) is 17.8. The SMILES string of the molecule is CS(=O)(=O)O[C@H](C(=O)CO)[C@H](O)[C@H](O)CO. The highest BCUT2D eigenvalue weighted by molar-refractivity contribution is 7.86. The molecule has 0 amide bonds. The maximum atomic E-state index is 11.1. The summed E-state index contributed by atoms with van der Waals surface area (Å²) in [7, 11) is -4.05. The fraction of sp³-hybridized carbons (Fsp3) is 0.857. The van der Waals surface area contributed by atoms with Gasteiger partial charge in [0, 0.05) is 0 Å². The smallest absolute Gasteiger partial charge is 0.265 e. The second-order valence-electron chi connectivity index (χ2n) is 3.09. The predicted octanol–water partition coefficient (Wildman–Crippen LogP) is -3.39. The van der Waals surface area contributed by atoms with E-state index in [-0.39, 0.29) is 0 Å². The van der Waals surface area contributed by atoms with E-state index in [1.807, 2.05) is 0 Å². The van der Waals surface area contributed by atoms with Crippen LogP contribution in [0.4, 0.5) is 0 Å². The van der Waals surface area contributed by atoms with Gasteiger partial charge in [0.25, 0.3) is 10.1 Å². The van der Waals surface area contributed by atoms with E-state index in [2.05, 4.69) is 4.18 Å². The zero-order valence-corrected chi connectivity index (χ0v) is 9.29. The number of hydrogen-bond donors (Lipinski definition) is 4. The highest BCUT2D eigenvalue weighted by Gasteiger charge is 2.34. The molecule has 96 valence electrons. The Kier molecular flexibility index (Phi) is 6.00. The summed E-state index contributed by atoms with van der Waals surface area (Å²) < 4.78 is 25.7. The van der Waals surface area contributed by atoms with Crippen molar-refractivity contribution < 1.29 is 37.8 Å². The first-order valence-corrected chi connectivity index (χ1v) is 6.03. The third-order valence-corrected chi connectivity index (χ3v) is 2.20. The fourth-order valence-corrected chi connectivity index (χ4v) is 1.49. The summed E-state index contributed by atoms with van der Waals surface area (Å²) in [4.78, 5) is 11.1. The van der Waals surface area contributed by atoms with Crippen molar-refractivity contribution in [3.63, 3.8) is 0 Å². The molecule has 0 fully saturated rings. The topological polar surface area (TPSA) is 141 Å². The van der Waals surface area contributed by atoms with Crippen molar-refractivity contribution in [2.45, 2.75) is 18.3 Å². The van der Waals surface area contributed by atoms with E-state index in [4.69, 9.17) is 15.3 Å². The summed E-state index contributed by atoms with van der Waals surface area (Å²) >= 11 is 0. The summed E-state index contributed by atoms with van der Waals surface area (Å²) in [6.45, 7) is -1.95. The molecular formula is C7H14O8S. The van der Waals surface area contributed by atoms with Crippen molar-refractivity contribution in [1.82, 2.24) is 0 Å². The number of Topliss-reactive ketones (excluding diaryl/α,β-unsaturated/α-hetero) is 1. The summed E-state index contributed by atoms with van der Waals surface area (Å²) in [6, 6.07) is 0. The van der Waals surface area contributed by atoms with Gasteiger partial charge >= 0.3 is 0 Å². The number of carbonyl (C=O) groups excluding carboxylic acids is 1. The number of ketones is 1. The van der Waals surface area contributed by atoms with Gasteiger partial charge in [0.1, 0.15) is 18.8 Å². The van der Waals surface area contributed by atoms with Crippen LogP contribution in [0.15, 0.2) is 0 Å². The maximum absolute atomic E-state index is 11.1. The minimum atomic E-state index is -4.05. The first-order valence-electron chi connectivity index (χ1n) is 4.21. The molecule has 3 atom stereocenters. The lowest BCUT2D eigenvalue weighted by Crippen LogP contribution is -2.47. The van der Waals surface area contributed by atoms with Crippen molar-refractivity contribution >= 4 is 15.9 Å². The van der Waals surface area contributed by atoms with Crippen molar-refractivity contribution in [1.29, 1.82) is 0 Å². The molecule has 0 saturated heterocycles. The van der Waals surface area contributed by atoms with Gasteiger partial charge in [-0.1, -0.05) is 0 Å². The molecule has 0 aliphatic rings. The molecular weight excluding hydrogens is 244 g/mol. The molecule has 16 heavy (non-hydrogen) atoms. The molecule has 0 aromatic heterocycles. The van der Waals surface area contributed by atoms with Crippen LogP contribution in [0, 0.1) is 0 Å². The quantitative estimate of drug-likeness (QED) is 0.346. The highest BCUT2D eigenvalue weighted by Crippen LogP contribution is 2.09. The predicted molar refractivity (Wildman–Crippen MR) is 50.9 cm³/mol. The van der Waals surface area contributed by atoms with E-state index in [1.165, 1.54) is 0 Å². The minimum Gasteiger partial charge on any atom is -0.394 e. The van der Waals surface area contributed by atoms with Crippen LogP contribution >= 0.6 is 0 Å². The van der Waals surface area contributed by atoms with E-state index in [1.54, 1.807) is 0 Å². The molecule has 0 aromatic carbocycles. The molecule has 9 heteroatoms. The van der Waals surface area contributed by atoms with Gasteiger partial charge in [-0.15, -0.1) is 0 Å². The number of aliphatic hydroxyl groups is 4. The van der Waals surface area contributed by atoms with E-state index < -0.39 is 47.4 Å². The Morgan fingerprint density at radius 3 is 2.12 bits per heavy atom. The Morgan fingerprint density at radius 2 is 1.81 bits per heavy atom. The van der Waals surface area contributed by atoms with Crippen molar-refractivity contribution in [2.75, 3.05) is 19.5 Å². The molecule has 0 spiro atoms. The molecule has 0 rings (SSSR count). The van der Waals surface area contributed by atoms with Gasteiger partial charge in [-0.3, -0.25) is 8.98 Å². The van der Waals surface area contributed by atoms with E-state index in [0.717, 1.165) is 0 Å². The van der Waals surface area contributed by atoms with Crippen LogP contribution in [-0.2, 0) is 19.1 Å². The Labute approximate surface area is 92.2 Å². The second-order valence-corrected chi connectivity index (χ2v) is 4.69. The largest absolute Gasteiger partial charge is 0.394 e. The Hall–Kier alpha value is -0.580. The monoisotopic (exact) mass is 258 g/mol. The summed E-state index contributed by atoms with van der Waals surface area (Å²) in [5, 5.41) is 35.4. The van der Waals surface area contributed by atoms with Crippen LogP contribution in [0.25, 0.3) is 0 Å². The Balaban J connectivity index is 4.87. The van der Waals surface area contributed by atoms with E-state index >= 15 is 0 Å². The molecule has 0 aliphatic heterocycles. The first kappa shape index (κ1) is 15.4. The summed E-state index contributed by atoms with van der Waals surface area (Å²) in [5.74, 6) is -1.12. The molecule has 0 aliphatic carbocycles. The first-order chi connectivity index (χ1) is 7.22. The zero-order valence-electron chi connectivity index (χ0n) is 8.48. The van der Waals surface area contributed by atoms with Crippen molar-refractivity contribution in [3.05, 3.63) is 0 Å². The Bertz CT molecular complexity index is 323. The maximum Gasteiger partial charge on any atom is 0.265 e. The molecule has 8 nitrogen and oxygen atoms in total. The fourth-order valence-electron chi connectivity index (χ4n) is 0.889. The van der Waals surface area contributed by atoms with Gasteiger partial charge in [-0.05, 0) is 0 Å². The molecule has 0 heterocycles. The lowest BCUT2D eigenvalue weighted by Gasteiger charge is -2.23. The highest BCUT2D eigenvalue weighted by atomic mass is 32.2. The summed E-state index contributed by atoms with van der Waals surface area (Å²) in [6.07, 6.45) is -4.99. The molecule has 0 saturated carbocycles. The lowest BCUT2D eigenvalue weighted by molar-refractivity contribution is -0.139. The van der Waals surface area contributed by atoms with Gasteiger partial charge in [-0.25, -0.2) is 0 Å². The average molecular weight is 258 g/mol. The van der Waals surface area contributed by atoms with Crippen LogP contribution in [0.2, 0.25) is 0 Å². The second kappa shape index (κ2) is 6.23. The van der Waals surface area contributed by atoms with E-state index in [9.17, 15) is 18.3 Å². The van der Waals surface area contributed by atoms with Gasteiger partial charge < -0.3 is 20.4 Å². The number of hydrogen-bond acceptors (Lipinski definition) is 8. The minimum absolute atomic E-state index is 0.642. The third-order valence-electron chi connectivity index (χ3n) is 1.64. The molecule has 0 unspecified atom stereocenters. The zero-order chi connectivity index (χ0) is 12.9. The third kappa shape index (κ3) is 4.96. The van der Waals surface area contributed by atoms with Crippen LogP contribution < -0.4 is 0 Å². The van der Waals surface area contributed by atoms with Crippen molar-refractivity contribution in [3.8, 4) is 0 Å². The van der Waals surface area contributed by atoms with Crippen LogP contribution in [-0.4, -0.2) is 72.4 Å². The molecule has 0 bridgehead atoms.